The van der Waals surface area contributed by atoms with Crippen LogP contribution in [-0.4, -0.2) is 61.3 Å². The van der Waals surface area contributed by atoms with Crippen LogP contribution in [0.3, 0.4) is 0 Å². The Morgan fingerprint density at radius 1 is 1.31 bits per heavy atom. The van der Waals surface area contributed by atoms with E-state index < -0.39 is 50.2 Å². The van der Waals surface area contributed by atoms with Gasteiger partial charge in [-0.3, -0.25) is 9.10 Å². The number of carbonyl (C=O) groups is 1. The molecule has 1 atom stereocenters. The number of halogens is 3. The fourth-order valence-electron chi connectivity index (χ4n) is 2.30. The van der Waals surface area contributed by atoms with Crippen molar-refractivity contribution in [3.05, 3.63) is 41.2 Å². The molecule has 158 valence electrons. The van der Waals surface area contributed by atoms with E-state index in [1.165, 1.54) is 12.4 Å². The molecule has 0 aliphatic heterocycles. The van der Waals surface area contributed by atoms with Crippen molar-refractivity contribution in [3.8, 4) is 6.01 Å². The lowest BCUT2D eigenvalue weighted by Crippen LogP contribution is -2.49. The van der Waals surface area contributed by atoms with Gasteiger partial charge in [-0.25, -0.2) is 14.7 Å². The van der Waals surface area contributed by atoms with Crippen molar-refractivity contribution >= 4 is 22.0 Å². The van der Waals surface area contributed by atoms with Gasteiger partial charge in [0.25, 0.3) is 0 Å². The molecule has 0 spiro atoms. The Labute approximate surface area is 163 Å². The first kappa shape index (κ1) is 22.4. The summed E-state index contributed by atoms with van der Waals surface area (Å²) in [6.07, 6.45) is -1.67. The summed E-state index contributed by atoms with van der Waals surface area (Å²) in [5, 5.41) is 7.50. The number of benzene rings is 1. The summed E-state index contributed by atoms with van der Waals surface area (Å²) in [7, 11) is -2.85. The van der Waals surface area contributed by atoms with Gasteiger partial charge in [-0.2, -0.15) is 27.2 Å². The van der Waals surface area contributed by atoms with Crippen LogP contribution < -0.4 is 14.4 Å². The first-order valence-electron chi connectivity index (χ1n) is 7.77. The van der Waals surface area contributed by atoms with Gasteiger partial charge < -0.3 is 9.84 Å². The molecule has 0 radical (unpaired) electrons. The smallest absolute Gasteiger partial charge is 0.422 e. The number of aliphatic hydroxyl groups is 1. The molecule has 10 nitrogen and oxygen atoms in total. The van der Waals surface area contributed by atoms with Crippen LogP contribution in [0, 0.1) is 5.82 Å². The summed E-state index contributed by atoms with van der Waals surface area (Å²) in [4.78, 5) is 21.9. The Morgan fingerprint density at radius 3 is 2.52 bits per heavy atom. The Kier molecular flexibility index (Phi) is 6.40. The number of aromatic nitrogens is 3. The number of aliphatic hydroxyl groups excluding tert-OH is 1. The van der Waals surface area contributed by atoms with Gasteiger partial charge in [-0.05, 0) is 13.1 Å². The predicted octanol–water partition coefficient (Wildman–Crippen LogP) is 0.449. The largest absolute Gasteiger partial charge is 0.467 e. The van der Waals surface area contributed by atoms with E-state index in [0.717, 1.165) is 18.2 Å². The maximum Gasteiger partial charge on any atom is 0.422 e. The molecule has 1 aromatic carbocycles. The maximum absolute atomic E-state index is 14.5. The van der Waals surface area contributed by atoms with Gasteiger partial charge in [0, 0.05) is 12.6 Å². The van der Waals surface area contributed by atoms with Crippen molar-refractivity contribution in [2.24, 2.45) is 0 Å². The number of anilines is 1. The van der Waals surface area contributed by atoms with E-state index in [1.807, 2.05) is 0 Å². The molecule has 0 aliphatic carbocycles. The molecule has 14 heteroatoms. The van der Waals surface area contributed by atoms with Crippen molar-refractivity contribution in [3.63, 3.8) is 0 Å². The number of nitrogens with zero attached hydrogens (tertiary/aromatic N) is 4. The zero-order chi connectivity index (χ0) is 22.0. The zero-order valence-corrected chi connectivity index (χ0v) is 16.1. The molecule has 2 rings (SSSR count). The standard InChI is InChI=1S/C15H16F3N5O5S/c1-19-15(17,18)29(26,27)23(2)11-8(5-4-6-9(11)16)12(25)13-20-10(7-24)21-14(22-13)28-3/h4-7,12,19,25H,1-3H3. The molecular formula is C15H16F3N5O5S. The van der Waals surface area contributed by atoms with E-state index in [9.17, 15) is 31.5 Å². The van der Waals surface area contributed by atoms with Crippen molar-refractivity contribution in [1.82, 2.24) is 20.3 Å². The minimum Gasteiger partial charge on any atom is -0.467 e. The van der Waals surface area contributed by atoms with Crippen LogP contribution in [0.4, 0.5) is 18.9 Å². The van der Waals surface area contributed by atoms with E-state index in [-0.39, 0.29) is 16.6 Å². The lowest BCUT2D eigenvalue weighted by atomic mass is 10.1. The highest BCUT2D eigenvalue weighted by Gasteiger charge is 2.48. The highest BCUT2D eigenvalue weighted by Crippen LogP contribution is 2.35. The summed E-state index contributed by atoms with van der Waals surface area (Å²) in [5.41, 5.74) is -1.31. The van der Waals surface area contributed by atoms with E-state index in [4.69, 9.17) is 4.74 Å². The van der Waals surface area contributed by atoms with Crippen LogP contribution in [0.15, 0.2) is 18.2 Å². The molecule has 1 heterocycles. The number of hydrogen-bond acceptors (Lipinski definition) is 9. The number of hydrogen-bond donors (Lipinski definition) is 2. The van der Waals surface area contributed by atoms with Crippen molar-refractivity contribution in [1.29, 1.82) is 0 Å². The van der Waals surface area contributed by atoms with Crippen LogP contribution >= 0.6 is 0 Å². The number of para-hydroxylation sites is 1. The highest BCUT2D eigenvalue weighted by atomic mass is 32.2. The lowest BCUT2D eigenvalue weighted by molar-refractivity contribution is 0.0624. The van der Waals surface area contributed by atoms with E-state index >= 15 is 0 Å². The van der Waals surface area contributed by atoms with Gasteiger partial charge in [0.05, 0.1) is 12.8 Å². The van der Waals surface area contributed by atoms with Gasteiger partial charge >= 0.3 is 21.4 Å². The molecule has 0 saturated heterocycles. The fourth-order valence-corrected chi connectivity index (χ4v) is 3.33. The van der Waals surface area contributed by atoms with Crippen LogP contribution in [0.1, 0.15) is 28.1 Å². The number of nitrogens with one attached hydrogen (secondary N) is 1. The Bertz CT molecular complexity index is 1020. The first-order valence-corrected chi connectivity index (χ1v) is 9.21. The average molecular weight is 435 g/mol. The predicted molar refractivity (Wildman–Crippen MR) is 93.6 cm³/mol. The minimum absolute atomic E-state index is 0.00353. The molecular weight excluding hydrogens is 419 g/mol. The monoisotopic (exact) mass is 435 g/mol. The topological polar surface area (TPSA) is 135 Å². The van der Waals surface area contributed by atoms with Crippen molar-refractivity contribution in [2.75, 3.05) is 25.5 Å². The van der Waals surface area contributed by atoms with Gasteiger partial charge in [0.2, 0.25) is 0 Å². The molecule has 1 unspecified atom stereocenters. The fraction of sp³-hybridized carbons (Fsp3) is 0.333. The quantitative estimate of drug-likeness (QED) is 0.448. The van der Waals surface area contributed by atoms with Crippen molar-refractivity contribution in [2.45, 2.75) is 11.5 Å². The molecule has 0 saturated carbocycles. The van der Waals surface area contributed by atoms with Crippen LogP contribution in [-0.2, 0) is 10.0 Å². The normalized spacial score (nSPS) is 13.1. The van der Waals surface area contributed by atoms with E-state index in [2.05, 4.69) is 15.0 Å². The number of rotatable bonds is 8. The molecule has 29 heavy (non-hydrogen) atoms. The third-order valence-electron chi connectivity index (χ3n) is 3.79. The van der Waals surface area contributed by atoms with Crippen molar-refractivity contribution < 1.29 is 36.2 Å². The average Bonchev–Trinajstić information content (AvgIpc) is 2.71. The lowest BCUT2D eigenvalue weighted by Gasteiger charge is -2.27. The van der Waals surface area contributed by atoms with Gasteiger partial charge in [-0.15, -0.1) is 0 Å². The second-order valence-electron chi connectivity index (χ2n) is 5.48. The second-order valence-corrected chi connectivity index (χ2v) is 7.49. The SMILES string of the molecule is CNC(F)(F)S(=O)(=O)N(C)c1c(F)cccc1C(O)c1nc(C=O)nc(OC)n1. The van der Waals surface area contributed by atoms with E-state index in [1.54, 1.807) is 0 Å². The number of ether oxygens (including phenoxy) is 1. The third-order valence-corrected chi connectivity index (χ3v) is 5.54. The van der Waals surface area contributed by atoms with Gasteiger partial charge in [-0.1, -0.05) is 12.1 Å². The number of alkyl halides is 2. The summed E-state index contributed by atoms with van der Waals surface area (Å²) < 4.78 is 71.3. The molecule has 0 fully saturated rings. The Morgan fingerprint density at radius 2 is 1.97 bits per heavy atom. The number of sulfonamides is 1. The Balaban J connectivity index is 2.65. The second kappa shape index (κ2) is 8.26. The molecule has 2 N–H and O–H groups in total. The zero-order valence-electron chi connectivity index (χ0n) is 15.3. The van der Waals surface area contributed by atoms with Gasteiger partial charge in [0.15, 0.2) is 17.9 Å². The first-order chi connectivity index (χ1) is 13.5. The molecule has 2 aromatic rings. The van der Waals surface area contributed by atoms with Crippen LogP contribution in [0.5, 0.6) is 6.01 Å². The number of methoxy groups -OCH3 is 1. The summed E-state index contributed by atoms with van der Waals surface area (Å²) in [6.45, 7) is 0. The number of aldehydes is 1. The molecule has 1 aromatic heterocycles. The Hall–Kier alpha value is -2.84. The molecule has 0 bridgehead atoms. The maximum atomic E-state index is 14.5. The summed E-state index contributed by atoms with van der Waals surface area (Å²) in [5.74, 6) is -2.13. The molecule has 0 aliphatic rings. The third kappa shape index (κ3) is 4.13. The molecule has 0 amide bonds. The number of carbonyl (C=O) groups excluding carboxylic acids is 1. The minimum atomic E-state index is -5.42. The van der Waals surface area contributed by atoms with Crippen LogP contribution in [0.25, 0.3) is 0 Å². The highest BCUT2D eigenvalue weighted by molar-refractivity contribution is 7.93. The summed E-state index contributed by atoms with van der Waals surface area (Å²) >= 11 is 0. The van der Waals surface area contributed by atoms with E-state index in [0.29, 0.717) is 14.1 Å². The summed E-state index contributed by atoms with van der Waals surface area (Å²) in [6, 6.07) is 2.67. The van der Waals surface area contributed by atoms with Gasteiger partial charge in [0.1, 0.15) is 11.9 Å². The van der Waals surface area contributed by atoms with Crippen LogP contribution in [0.2, 0.25) is 0 Å².